The van der Waals surface area contributed by atoms with E-state index in [0.29, 0.717) is 5.92 Å². The highest BCUT2D eigenvalue weighted by atomic mass is 32.1. The second-order valence-corrected chi connectivity index (χ2v) is 7.28. The molecule has 2 heterocycles. The SMILES string of the molecule is O=C(c1ccc2ncsc2c1)N1CCCC[C@@H](c2ccccc2)C1. The summed E-state index contributed by atoms with van der Waals surface area (Å²) in [5.41, 5.74) is 4.92. The van der Waals surface area contributed by atoms with Crippen LogP contribution in [0.25, 0.3) is 10.2 Å². The van der Waals surface area contributed by atoms with Crippen molar-refractivity contribution in [2.75, 3.05) is 13.1 Å². The van der Waals surface area contributed by atoms with Crippen LogP contribution in [0.3, 0.4) is 0 Å². The van der Waals surface area contributed by atoms with Crippen molar-refractivity contribution >= 4 is 27.5 Å². The fourth-order valence-electron chi connectivity index (χ4n) is 3.49. The first-order valence-electron chi connectivity index (χ1n) is 8.49. The highest BCUT2D eigenvalue weighted by molar-refractivity contribution is 7.16. The van der Waals surface area contributed by atoms with Gasteiger partial charge < -0.3 is 4.90 Å². The monoisotopic (exact) mass is 336 g/mol. The molecular weight excluding hydrogens is 316 g/mol. The van der Waals surface area contributed by atoms with Gasteiger partial charge in [-0.25, -0.2) is 4.98 Å². The number of hydrogen-bond acceptors (Lipinski definition) is 3. The number of carbonyl (C=O) groups excluding carboxylic acids is 1. The highest BCUT2D eigenvalue weighted by Crippen LogP contribution is 2.28. The molecule has 3 aromatic rings. The van der Waals surface area contributed by atoms with Crippen molar-refractivity contribution < 1.29 is 4.79 Å². The average Bonchev–Trinajstić information content (AvgIpc) is 2.96. The second-order valence-electron chi connectivity index (χ2n) is 6.39. The molecule has 1 fully saturated rings. The number of thiazole rings is 1. The minimum Gasteiger partial charge on any atom is -0.338 e. The fraction of sp³-hybridized carbons (Fsp3) is 0.300. The van der Waals surface area contributed by atoms with Gasteiger partial charge >= 0.3 is 0 Å². The van der Waals surface area contributed by atoms with E-state index in [0.717, 1.165) is 41.7 Å². The molecule has 122 valence electrons. The van der Waals surface area contributed by atoms with Crippen molar-refractivity contribution in [3.05, 3.63) is 65.2 Å². The van der Waals surface area contributed by atoms with E-state index in [9.17, 15) is 4.79 Å². The van der Waals surface area contributed by atoms with Gasteiger partial charge in [-0.05, 0) is 36.6 Å². The second kappa shape index (κ2) is 6.73. The topological polar surface area (TPSA) is 33.2 Å². The molecule has 3 nitrogen and oxygen atoms in total. The third-order valence-electron chi connectivity index (χ3n) is 4.81. The summed E-state index contributed by atoms with van der Waals surface area (Å²) in [5.74, 6) is 0.581. The van der Waals surface area contributed by atoms with Crippen LogP contribution in [0.15, 0.2) is 54.0 Å². The number of likely N-dealkylation sites (tertiary alicyclic amines) is 1. The first kappa shape index (κ1) is 15.3. The molecule has 1 aromatic heterocycles. The summed E-state index contributed by atoms with van der Waals surface area (Å²) in [7, 11) is 0. The van der Waals surface area contributed by atoms with E-state index in [1.54, 1.807) is 11.3 Å². The zero-order valence-electron chi connectivity index (χ0n) is 13.5. The quantitative estimate of drug-likeness (QED) is 0.679. The van der Waals surface area contributed by atoms with Crippen LogP contribution in [-0.2, 0) is 0 Å². The molecule has 0 aliphatic carbocycles. The molecule has 4 rings (SSSR count). The van der Waals surface area contributed by atoms with E-state index in [-0.39, 0.29) is 5.91 Å². The molecule has 24 heavy (non-hydrogen) atoms. The van der Waals surface area contributed by atoms with Crippen molar-refractivity contribution in [1.82, 2.24) is 9.88 Å². The predicted molar refractivity (Wildman–Crippen MR) is 98.6 cm³/mol. The van der Waals surface area contributed by atoms with Crippen LogP contribution in [0.5, 0.6) is 0 Å². The molecule has 1 atom stereocenters. The number of aromatic nitrogens is 1. The summed E-state index contributed by atoms with van der Waals surface area (Å²) in [6.45, 7) is 1.66. The van der Waals surface area contributed by atoms with E-state index in [2.05, 4.69) is 29.2 Å². The number of amides is 1. The fourth-order valence-corrected chi connectivity index (χ4v) is 4.21. The maximum atomic E-state index is 13.0. The van der Waals surface area contributed by atoms with Gasteiger partial charge in [0.1, 0.15) is 0 Å². The first-order valence-corrected chi connectivity index (χ1v) is 9.37. The molecule has 0 N–H and O–H groups in total. The molecule has 1 amide bonds. The van der Waals surface area contributed by atoms with Crippen LogP contribution in [0.4, 0.5) is 0 Å². The van der Waals surface area contributed by atoms with Crippen LogP contribution in [-0.4, -0.2) is 28.9 Å². The maximum Gasteiger partial charge on any atom is 0.253 e. The van der Waals surface area contributed by atoms with Crippen LogP contribution >= 0.6 is 11.3 Å². The molecule has 0 spiro atoms. The Morgan fingerprint density at radius 1 is 1.12 bits per heavy atom. The first-order chi connectivity index (χ1) is 11.8. The Hall–Kier alpha value is -2.20. The number of rotatable bonds is 2. The average molecular weight is 336 g/mol. The molecule has 0 bridgehead atoms. The van der Waals surface area contributed by atoms with Crippen molar-refractivity contribution in [3.8, 4) is 0 Å². The molecule has 2 aromatic carbocycles. The van der Waals surface area contributed by atoms with Crippen molar-refractivity contribution in [1.29, 1.82) is 0 Å². The van der Waals surface area contributed by atoms with Gasteiger partial charge in [0, 0.05) is 24.6 Å². The molecule has 0 radical (unpaired) electrons. The van der Waals surface area contributed by atoms with Crippen LogP contribution in [0.1, 0.15) is 41.1 Å². The Balaban J connectivity index is 1.58. The summed E-state index contributed by atoms with van der Waals surface area (Å²) in [4.78, 5) is 19.3. The predicted octanol–water partition coefficient (Wildman–Crippen LogP) is 4.71. The molecule has 1 aliphatic heterocycles. The normalized spacial score (nSPS) is 18.5. The third kappa shape index (κ3) is 3.06. The van der Waals surface area contributed by atoms with E-state index >= 15 is 0 Å². The van der Waals surface area contributed by atoms with E-state index in [4.69, 9.17) is 0 Å². The zero-order chi connectivity index (χ0) is 16.4. The molecular formula is C20H20N2OS. The van der Waals surface area contributed by atoms with E-state index in [1.165, 1.54) is 12.0 Å². The van der Waals surface area contributed by atoms with Crippen LogP contribution < -0.4 is 0 Å². The van der Waals surface area contributed by atoms with Crippen molar-refractivity contribution in [3.63, 3.8) is 0 Å². The molecule has 0 unspecified atom stereocenters. The number of nitrogens with zero attached hydrogens (tertiary/aromatic N) is 2. The van der Waals surface area contributed by atoms with E-state index in [1.807, 2.05) is 34.7 Å². The Bertz CT molecular complexity index is 843. The van der Waals surface area contributed by atoms with Crippen LogP contribution in [0.2, 0.25) is 0 Å². The zero-order valence-corrected chi connectivity index (χ0v) is 14.3. The molecule has 1 aliphatic rings. The number of benzene rings is 2. The number of carbonyl (C=O) groups is 1. The number of fused-ring (bicyclic) bond motifs is 1. The van der Waals surface area contributed by atoms with Gasteiger partial charge in [-0.3, -0.25) is 4.79 Å². The van der Waals surface area contributed by atoms with Gasteiger partial charge in [0.05, 0.1) is 15.7 Å². The van der Waals surface area contributed by atoms with Crippen molar-refractivity contribution in [2.24, 2.45) is 0 Å². The Morgan fingerprint density at radius 3 is 2.88 bits per heavy atom. The van der Waals surface area contributed by atoms with Gasteiger partial charge in [-0.2, -0.15) is 0 Å². The lowest BCUT2D eigenvalue weighted by Crippen LogP contribution is -2.34. The van der Waals surface area contributed by atoms with Gasteiger partial charge in [-0.1, -0.05) is 36.8 Å². The van der Waals surface area contributed by atoms with Gasteiger partial charge in [-0.15, -0.1) is 11.3 Å². The number of hydrogen-bond donors (Lipinski definition) is 0. The van der Waals surface area contributed by atoms with Gasteiger partial charge in [0.2, 0.25) is 0 Å². The lowest BCUT2D eigenvalue weighted by Gasteiger charge is -2.25. The lowest BCUT2D eigenvalue weighted by molar-refractivity contribution is 0.0754. The Kier molecular flexibility index (Phi) is 4.30. The minimum atomic E-state index is 0.146. The Labute approximate surface area is 146 Å². The summed E-state index contributed by atoms with van der Waals surface area (Å²) in [6, 6.07) is 16.4. The maximum absolute atomic E-state index is 13.0. The Morgan fingerprint density at radius 2 is 2.00 bits per heavy atom. The summed E-state index contributed by atoms with van der Waals surface area (Å²) in [5, 5.41) is 0. The largest absolute Gasteiger partial charge is 0.338 e. The smallest absolute Gasteiger partial charge is 0.253 e. The molecule has 4 heteroatoms. The summed E-state index contributed by atoms with van der Waals surface area (Å²) >= 11 is 1.59. The van der Waals surface area contributed by atoms with Crippen molar-refractivity contribution in [2.45, 2.75) is 25.2 Å². The molecule has 0 saturated carbocycles. The van der Waals surface area contributed by atoms with E-state index < -0.39 is 0 Å². The summed E-state index contributed by atoms with van der Waals surface area (Å²) in [6.07, 6.45) is 3.41. The minimum absolute atomic E-state index is 0.146. The van der Waals surface area contributed by atoms with Crippen LogP contribution in [0, 0.1) is 0 Å². The third-order valence-corrected chi connectivity index (χ3v) is 5.60. The van der Waals surface area contributed by atoms with Gasteiger partial charge in [0.15, 0.2) is 0 Å². The summed E-state index contributed by atoms with van der Waals surface area (Å²) < 4.78 is 1.08. The lowest BCUT2D eigenvalue weighted by atomic mass is 9.94. The highest BCUT2D eigenvalue weighted by Gasteiger charge is 2.24. The van der Waals surface area contributed by atoms with Gasteiger partial charge in [0.25, 0.3) is 5.91 Å². The molecule has 1 saturated heterocycles. The standard InChI is InChI=1S/C20H20N2OS/c23-20(16-9-10-18-19(12-16)24-14-21-18)22-11-5-4-8-17(13-22)15-6-2-1-3-7-15/h1-3,6-7,9-10,12,14,17H,4-5,8,11,13H2/t17-/m1/s1.